The Hall–Kier alpha value is -3.06. The summed E-state index contributed by atoms with van der Waals surface area (Å²) in [4.78, 5) is 42.9. The molecule has 3 amide bonds. The second kappa shape index (κ2) is 7.65. The lowest BCUT2D eigenvalue weighted by Crippen LogP contribution is -2.69. The zero-order valence-electron chi connectivity index (χ0n) is 16.8. The summed E-state index contributed by atoms with van der Waals surface area (Å²) in [6, 6.07) is 11.8. The number of ether oxygens (including phenoxy) is 1. The minimum Gasteiger partial charge on any atom is -0.495 e. The van der Waals surface area contributed by atoms with Crippen LogP contribution in [0.15, 0.2) is 42.5 Å². The van der Waals surface area contributed by atoms with E-state index in [1.807, 2.05) is 6.92 Å². The number of hydrogen-bond acceptors (Lipinski definition) is 4. The van der Waals surface area contributed by atoms with Gasteiger partial charge in [0.15, 0.2) is 0 Å². The zero-order chi connectivity index (χ0) is 21.5. The molecule has 2 aromatic rings. The summed E-state index contributed by atoms with van der Waals surface area (Å²) in [5.41, 5.74) is -0.0510. The van der Waals surface area contributed by atoms with Gasteiger partial charge in [0.2, 0.25) is 11.6 Å². The Balaban J connectivity index is 1.80. The van der Waals surface area contributed by atoms with Gasteiger partial charge in [0.25, 0.3) is 11.8 Å². The van der Waals surface area contributed by atoms with Crippen molar-refractivity contribution in [2.75, 3.05) is 23.9 Å². The number of para-hydroxylation sites is 1. The summed E-state index contributed by atoms with van der Waals surface area (Å²) in [5.74, 6) is -0.383. The van der Waals surface area contributed by atoms with Crippen molar-refractivity contribution in [1.29, 1.82) is 0 Å². The van der Waals surface area contributed by atoms with Crippen LogP contribution in [0.3, 0.4) is 0 Å². The van der Waals surface area contributed by atoms with Crippen molar-refractivity contribution in [1.82, 2.24) is 4.90 Å². The molecule has 2 aliphatic heterocycles. The molecule has 1 fully saturated rings. The fourth-order valence-corrected chi connectivity index (χ4v) is 4.54. The molecule has 0 radical (unpaired) electrons. The molecular weight excluding hydrogens is 406 g/mol. The van der Waals surface area contributed by atoms with Crippen molar-refractivity contribution in [2.45, 2.75) is 31.8 Å². The first-order valence-corrected chi connectivity index (χ1v) is 10.2. The van der Waals surface area contributed by atoms with Gasteiger partial charge in [-0.2, -0.15) is 0 Å². The van der Waals surface area contributed by atoms with Crippen LogP contribution in [-0.4, -0.2) is 41.9 Å². The zero-order valence-corrected chi connectivity index (χ0v) is 17.5. The normalized spacial score (nSPS) is 20.1. The number of carbonyl (C=O) groups is 3. The maximum atomic E-state index is 13.6. The molecule has 30 heavy (non-hydrogen) atoms. The quantitative estimate of drug-likeness (QED) is 0.789. The molecule has 1 atom stereocenters. The number of halogens is 1. The second-order valence-corrected chi connectivity index (χ2v) is 7.73. The van der Waals surface area contributed by atoms with E-state index in [4.69, 9.17) is 16.3 Å². The first-order valence-electron chi connectivity index (χ1n) is 9.83. The highest BCUT2D eigenvalue weighted by Gasteiger charge is 2.60. The predicted octanol–water partition coefficient (Wildman–Crippen LogP) is 3.68. The average molecular weight is 428 g/mol. The fourth-order valence-electron chi connectivity index (χ4n) is 4.29. The van der Waals surface area contributed by atoms with Gasteiger partial charge in [-0.15, -0.1) is 0 Å². The van der Waals surface area contributed by atoms with Gasteiger partial charge in [-0.05, 0) is 36.8 Å². The number of rotatable bonds is 5. The van der Waals surface area contributed by atoms with Gasteiger partial charge in [0.1, 0.15) is 5.75 Å². The minimum absolute atomic E-state index is 0.179. The summed E-state index contributed by atoms with van der Waals surface area (Å²) in [7, 11) is 1.51. The topological polar surface area (TPSA) is 79.0 Å². The van der Waals surface area contributed by atoms with Crippen LogP contribution in [0, 0.1) is 0 Å². The van der Waals surface area contributed by atoms with Gasteiger partial charge in [-0.25, -0.2) is 0 Å². The monoisotopic (exact) mass is 427 g/mol. The van der Waals surface area contributed by atoms with E-state index in [0.717, 1.165) is 0 Å². The molecule has 0 aliphatic carbocycles. The molecule has 0 spiro atoms. The molecule has 0 unspecified atom stereocenters. The average Bonchev–Trinajstić information content (AvgIpc) is 3.09. The predicted molar refractivity (Wildman–Crippen MR) is 114 cm³/mol. The number of methoxy groups -OCH3 is 1. The first-order chi connectivity index (χ1) is 14.4. The number of hydrogen-bond donors (Lipinski definition) is 1. The molecule has 156 valence electrons. The van der Waals surface area contributed by atoms with Crippen LogP contribution in [0.5, 0.6) is 5.75 Å². The Morgan fingerprint density at radius 3 is 2.70 bits per heavy atom. The third-order valence-electron chi connectivity index (χ3n) is 5.59. The van der Waals surface area contributed by atoms with E-state index in [1.165, 1.54) is 16.9 Å². The molecular formula is C22H22ClN3O4. The first kappa shape index (κ1) is 20.2. The van der Waals surface area contributed by atoms with E-state index in [1.54, 1.807) is 42.5 Å². The van der Waals surface area contributed by atoms with Gasteiger partial charge >= 0.3 is 0 Å². The largest absolute Gasteiger partial charge is 0.495 e. The molecule has 0 bridgehead atoms. The maximum absolute atomic E-state index is 13.6. The Bertz CT molecular complexity index is 1040. The number of benzene rings is 2. The van der Waals surface area contributed by atoms with Crippen molar-refractivity contribution in [2.24, 2.45) is 0 Å². The number of fused-ring (bicyclic) bond motifs is 3. The molecule has 7 nitrogen and oxygen atoms in total. The molecule has 2 aliphatic rings. The summed E-state index contributed by atoms with van der Waals surface area (Å²) < 4.78 is 5.16. The van der Waals surface area contributed by atoms with Crippen LogP contribution < -0.4 is 15.0 Å². The van der Waals surface area contributed by atoms with E-state index in [0.29, 0.717) is 40.7 Å². The van der Waals surface area contributed by atoms with E-state index < -0.39 is 11.6 Å². The number of anilines is 2. The fraction of sp³-hybridized carbons (Fsp3) is 0.318. The van der Waals surface area contributed by atoms with E-state index in [-0.39, 0.29) is 24.7 Å². The molecule has 1 N–H and O–H groups in total. The van der Waals surface area contributed by atoms with Gasteiger partial charge in [-0.3, -0.25) is 19.3 Å². The van der Waals surface area contributed by atoms with Crippen LogP contribution in [-0.2, 0) is 9.59 Å². The standard InChI is InChI=1S/C22H22ClN3O4/c1-3-12-25-20(28)15-6-4-5-7-17(15)26-19(27)10-11-22(25,26)21(29)24-14-8-9-18(30-2)16(23)13-14/h4-9,13H,3,10-12H2,1-2H3,(H,24,29)/t22-/m0/s1. The molecule has 4 rings (SSSR count). The SMILES string of the molecule is CCCN1C(=O)c2ccccc2N2C(=O)CC[C@]12C(=O)Nc1ccc(OC)c(Cl)c1. The Morgan fingerprint density at radius 2 is 2.00 bits per heavy atom. The van der Waals surface area contributed by atoms with Gasteiger partial charge < -0.3 is 15.0 Å². The highest BCUT2D eigenvalue weighted by atomic mass is 35.5. The summed E-state index contributed by atoms with van der Waals surface area (Å²) in [6.07, 6.45) is 1.06. The number of nitrogens with zero attached hydrogens (tertiary/aromatic N) is 2. The third kappa shape index (κ3) is 2.92. The van der Waals surface area contributed by atoms with Crippen molar-refractivity contribution in [3.8, 4) is 5.75 Å². The minimum atomic E-state index is -1.41. The van der Waals surface area contributed by atoms with Gasteiger partial charge in [0, 0.05) is 25.1 Å². The van der Waals surface area contributed by atoms with E-state index in [9.17, 15) is 14.4 Å². The molecule has 2 heterocycles. The van der Waals surface area contributed by atoms with Crippen LogP contribution in [0.1, 0.15) is 36.5 Å². The van der Waals surface area contributed by atoms with Crippen LogP contribution in [0.2, 0.25) is 5.02 Å². The van der Waals surface area contributed by atoms with Crippen LogP contribution >= 0.6 is 11.6 Å². The molecule has 0 saturated carbocycles. The number of amides is 3. The molecule has 1 saturated heterocycles. The number of nitrogens with one attached hydrogen (secondary N) is 1. The second-order valence-electron chi connectivity index (χ2n) is 7.32. The van der Waals surface area contributed by atoms with Crippen molar-refractivity contribution >= 4 is 40.7 Å². The Morgan fingerprint density at radius 1 is 1.23 bits per heavy atom. The van der Waals surface area contributed by atoms with Crippen LogP contribution in [0.25, 0.3) is 0 Å². The third-order valence-corrected chi connectivity index (χ3v) is 5.89. The van der Waals surface area contributed by atoms with Crippen molar-refractivity contribution < 1.29 is 19.1 Å². The molecule has 0 aromatic heterocycles. The Kier molecular flexibility index (Phi) is 5.15. The summed E-state index contributed by atoms with van der Waals surface area (Å²) in [6.45, 7) is 2.29. The molecule has 8 heteroatoms. The van der Waals surface area contributed by atoms with Crippen molar-refractivity contribution in [3.05, 3.63) is 53.1 Å². The lowest BCUT2D eigenvalue weighted by atomic mass is 9.95. The lowest BCUT2D eigenvalue weighted by molar-refractivity contribution is -0.128. The van der Waals surface area contributed by atoms with E-state index >= 15 is 0 Å². The smallest absolute Gasteiger partial charge is 0.271 e. The lowest BCUT2D eigenvalue weighted by Gasteiger charge is -2.49. The Labute approximate surface area is 179 Å². The highest BCUT2D eigenvalue weighted by molar-refractivity contribution is 6.32. The highest BCUT2D eigenvalue weighted by Crippen LogP contribution is 2.45. The number of carbonyl (C=O) groups excluding carboxylic acids is 3. The van der Waals surface area contributed by atoms with Crippen molar-refractivity contribution in [3.63, 3.8) is 0 Å². The molecule has 2 aromatic carbocycles. The van der Waals surface area contributed by atoms with Crippen LogP contribution in [0.4, 0.5) is 11.4 Å². The van der Waals surface area contributed by atoms with Gasteiger partial charge in [-0.1, -0.05) is 30.7 Å². The van der Waals surface area contributed by atoms with E-state index in [2.05, 4.69) is 5.32 Å². The summed E-state index contributed by atoms with van der Waals surface area (Å²) >= 11 is 6.19. The van der Waals surface area contributed by atoms with Gasteiger partial charge in [0.05, 0.1) is 23.4 Å². The summed E-state index contributed by atoms with van der Waals surface area (Å²) in [5, 5.41) is 3.21. The maximum Gasteiger partial charge on any atom is 0.271 e.